The van der Waals surface area contributed by atoms with E-state index in [1.165, 1.54) is 12.1 Å². The van der Waals surface area contributed by atoms with Crippen molar-refractivity contribution in [3.05, 3.63) is 65.2 Å². The molecule has 0 aliphatic carbocycles. The van der Waals surface area contributed by atoms with E-state index in [1.54, 1.807) is 28.0 Å². The second-order valence-corrected chi connectivity index (χ2v) is 6.14. The standard InChI is InChI=1S/C19H20FN3O2/c1-14-3-2-4-17(21-14)19(25)23-11-9-22(10-12-23)18(24)13-15-5-7-16(20)8-6-15/h2-8H,9-13H2,1H3. The lowest BCUT2D eigenvalue weighted by Crippen LogP contribution is -2.51. The van der Waals surface area contributed by atoms with Gasteiger partial charge in [-0.25, -0.2) is 9.37 Å². The molecule has 1 fully saturated rings. The Morgan fingerprint density at radius 3 is 2.28 bits per heavy atom. The zero-order chi connectivity index (χ0) is 17.8. The monoisotopic (exact) mass is 341 g/mol. The number of carbonyl (C=O) groups is 2. The summed E-state index contributed by atoms with van der Waals surface area (Å²) in [5, 5.41) is 0. The number of halogens is 1. The maximum absolute atomic E-state index is 12.9. The summed E-state index contributed by atoms with van der Waals surface area (Å²) in [5.74, 6) is -0.421. The molecule has 130 valence electrons. The van der Waals surface area contributed by atoms with Crippen LogP contribution in [0.4, 0.5) is 4.39 Å². The molecule has 0 bridgehead atoms. The van der Waals surface area contributed by atoms with Gasteiger partial charge in [0, 0.05) is 31.9 Å². The highest BCUT2D eigenvalue weighted by Crippen LogP contribution is 2.11. The summed E-state index contributed by atoms with van der Waals surface area (Å²) in [6, 6.07) is 11.3. The summed E-state index contributed by atoms with van der Waals surface area (Å²) < 4.78 is 12.9. The first-order chi connectivity index (χ1) is 12.0. The topological polar surface area (TPSA) is 53.5 Å². The molecule has 0 radical (unpaired) electrons. The van der Waals surface area contributed by atoms with Crippen LogP contribution in [-0.2, 0) is 11.2 Å². The Kier molecular flexibility index (Phi) is 5.07. The van der Waals surface area contributed by atoms with Gasteiger partial charge in [-0.15, -0.1) is 0 Å². The van der Waals surface area contributed by atoms with Crippen molar-refractivity contribution in [2.75, 3.05) is 26.2 Å². The quantitative estimate of drug-likeness (QED) is 0.859. The maximum Gasteiger partial charge on any atom is 0.272 e. The lowest BCUT2D eigenvalue weighted by molar-refractivity contribution is -0.131. The first-order valence-electron chi connectivity index (χ1n) is 8.28. The number of rotatable bonds is 3. The fourth-order valence-electron chi connectivity index (χ4n) is 2.87. The molecule has 2 heterocycles. The number of benzene rings is 1. The van der Waals surface area contributed by atoms with Gasteiger partial charge in [-0.2, -0.15) is 0 Å². The molecule has 2 amide bonds. The van der Waals surface area contributed by atoms with Crippen molar-refractivity contribution in [3.8, 4) is 0 Å². The zero-order valence-corrected chi connectivity index (χ0v) is 14.1. The molecular formula is C19H20FN3O2. The van der Waals surface area contributed by atoms with Crippen molar-refractivity contribution >= 4 is 11.8 Å². The van der Waals surface area contributed by atoms with E-state index in [0.29, 0.717) is 31.9 Å². The first kappa shape index (κ1) is 17.1. The molecule has 1 aromatic heterocycles. The van der Waals surface area contributed by atoms with Gasteiger partial charge >= 0.3 is 0 Å². The number of amides is 2. The van der Waals surface area contributed by atoms with Crippen LogP contribution >= 0.6 is 0 Å². The Hall–Kier alpha value is -2.76. The summed E-state index contributed by atoms with van der Waals surface area (Å²) in [5.41, 5.74) is 2.03. The lowest BCUT2D eigenvalue weighted by Gasteiger charge is -2.34. The number of hydrogen-bond acceptors (Lipinski definition) is 3. The number of nitrogens with zero attached hydrogens (tertiary/aromatic N) is 3. The highest BCUT2D eigenvalue weighted by Gasteiger charge is 2.25. The molecule has 1 aliphatic rings. The van der Waals surface area contributed by atoms with Gasteiger partial charge in [-0.1, -0.05) is 18.2 Å². The molecule has 3 rings (SSSR count). The predicted molar refractivity (Wildman–Crippen MR) is 91.6 cm³/mol. The van der Waals surface area contributed by atoms with Gasteiger partial charge in [-0.05, 0) is 36.8 Å². The Labute approximate surface area is 146 Å². The minimum absolute atomic E-state index is 0.00705. The van der Waals surface area contributed by atoms with Crippen LogP contribution in [0.5, 0.6) is 0 Å². The Morgan fingerprint density at radius 1 is 1.00 bits per heavy atom. The van der Waals surface area contributed by atoms with Crippen LogP contribution in [0.1, 0.15) is 21.7 Å². The number of pyridine rings is 1. The SMILES string of the molecule is Cc1cccc(C(=O)N2CCN(C(=O)Cc3ccc(F)cc3)CC2)n1. The Morgan fingerprint density at radius 2 is 1.64 bits per heavy atom. The van der Waals surface area contributed by atoms with Gasteiger partial charge in [0.25, 0.3) is 5.91 Å². The van der Waals surface area contributed by atoms with E-state index < -0.39 is 0 Å². The Bertz CT molecular complexity index is 768. The summed E-state index contributed by atoms with van der Waals surface area (Å²) in [7, 11) is 0. The molecule has 0 spiro atoms. The molecule has 1 aliphatic heterocycles. The van der Waals surface area contributed by atoms with E-state index in [-0.39, 0.29) is 24.1 Å². The molecule has 5 nitrogen and oxygen atoms in total. The largest absolute Gasteiger partial charge is 0.339 e. The number of aryl methyl sites for hydroxylation is 1. The average Bonchev–Trinajstić information content (AvgIpc) is 2.63. The number of hydrogen-bond donors (Lipinski definition) is 0. The van der Waals surface area contributed by atoms with Crippen molar-refractivity contribution in [1.29, 1.82) is 0 Å². The predicted octanol–water partition coefficient (Wildman–Crippen LogP) is 2.06. The van der Waals surface area contributed by atoms with Gasteiger partial charge in [-0.3, -0.25) is 9.59 Å². The van der Waals surface area contributed by atoms with Gasteiger partial charge in [0.2, 0.25) is 5.91 Å². The maximum atomic E-state index is 12.9. The summed E-state index contributed by atoms with van der Waals surface area (Å²) in [6.07, 6.45) is 0.244. The molecule has 1 aromatic carbocycles. The van der Waals surface area contributed by atoms with Gasteiger partial charge in [0.15, 0.2) is 0 Å². The second-order valence-electron chi connectivity index (χ2n) is 6.14. The van der Waals surface area contributed by atoms with E-state index >= 15 is 0 Å². The second kappa shape index (κ2) is 7.42. The molecule has 0 N–H and O–H groups in total. The molecule has 2 aromatic rings. The molecule has 25 heavy (non-hydrogen) atoms. The highest BCUT2D eigenvalue weighted by atomic mass is 19.1. The molecule has 6 heteroatoms. The van der Waals surface area contributed by atoms with Gasteiger partial charge < -0.3 is 9.80 Å². The fourth-order valence-corrected chi connectivity index (χ4v) is 2.87. The number of aromatic nitrogens is 1. The smallest absolute Gasteiger partial charge is 0.272 e. The van der Waals surface area contributed by atoms with Crippen LogP contribution in [0.15, 0.2) is 42.5 Å². The van der Waals surface area contributed by atoms with Crippen LogP contribution in [0.3, 0.4) is 0 Å². The van der Waals surface area contributed by atoms with Crippen molar-refractivity contribution < 1.29 is 14.0 Å². The van der Waals surface area contributed by atoms with E-state index in [9.17, 15) is 14.0 Å². The summed E-state index contributed by atoms with van der Waals surface area (Å²) in [4.78, 5) is 32.6. The zero-order valence-electron chi connectivity index (χ0n) is 14.1. The van der Waals surface area contributed by atoms with Crippen LogP contribution in [0, 0.1) is 12.7 Å². The Balaban J connectivity index is 1.55. The van der Waals surface area contributed by atoms with Gasteiger partial charge in [0.1, 0.15) is 11.5 Å². The van der Waals surface area contributed by atoms with E-state index in [1.807, 2.05) is 19.1 Å². The molecule has 0 atom stereocenters. The highest BCUT2D eigenvalue weighted by molar-refractivity contribution is 5.92. The van der Waals surface area contributed by atoms with Crippen LogP contribution in [-0.4, -0.2) is 52.8 Å². The number of piperazine rings is 1. The third kappa shape index (κ3) is 4.21. The molecular weight excluding hydrogens is 321 g/mol. The minimum atomic E-state index is -0.312. The third-order valence-electron chi connectivity index (χ3n) is 4.30. The first-order valence-corrected chi connectivity index (χ1v) is 8.28. The van der Waals surface area contributed by atoms with Crippen molar-refractivity contribution in [2.24, 2.45) is 0 Å². The minimum Gasteiger partial charge on any atom is -0.339 e. The summed E-state index contributed by atoms with van der Waals surface area (Å²) in [6.45, 7) is 3.82. The molecule has 1 saturated heterocycles. The normalized spacial score (nSPS) is 14.5. The average molecular weight is 341 g/mol. The van der Waals surface area contributed by atoms with Crippen molar-refractivity contribution in [2.45, 2.75) is 13.3 Å². The van der Waals surface area contributed by atoms with Crippen molar-refractivity contribution in [3.63, 3.8) is 0 Å². The fraction of sp³-hybridized carbons (Fsp3) is 0.316. The van der Waals surface area contributed by atoms with E-state index in [0.717, 1.165) is 11.3 Å². The third-order valence-corrected chi connectivity index (χ3v) is 4.30. The van der Waals surface area contributed by atoms with E-state index in [2.05, 4.69) is 4.98 Å². The van der Waals surface area contributed by atoms with Crippen LogP contribution in [0.25, 0.3) is 0 Å². The molecule has 0 saturated carbocycles. The van der Waals surface area contributed by atoms with Crippen molar-refractivity contribution in [1.82, 2.24) is 14.8 Å². The summed E-state index contributed by atoms with van der Waals surface area (Å²) >= 11 is 0. The molecule has 0 unspecified atom stereocenters. The van der Waals surface area contributed by atoms with Gasteiger partial charge in [0.05, 0.1) is 6.42 Å². The number of carbonyl (C=O) groups excluding carboxylic acids is 2. The van der Waals surface area contributed by atoms with E-state index in [4.69, 9.17) is 0 Å². The van der Waals surface area contributed by atoms with Crippen LogP contribution < -0.4 is 0 Å². The van der Waals surface area contributed by atoms with Crippen LogP contribution in [0.2, 0.25) is 0 Å². The lowest BCUT2D eigenvalue weighted by atomic mass is 10.1.